The van der Waals surface area contributed by atoms with E-state index in [1.54, 1.807) is 13.0 Å². The van der Waals surface area contributed by atoms with Crippen LogP contribution in [0.1, 0.15) is 27.2 Å². The number of hydrogen-bond donors (Lipinski definition) is 2. The summed E-state index contributed by atoms with van der Waals surface area (Å²) in [6.07, 6.45) is 1.70. The van der Waals surface area contributed by atoms with Gasteiger partial charge in [0.25, 0.3) is 0 Å². The van der Waals surface area contributed by atoms with Crippen LogP contribution in [0.5, 0.6) is 0 Å². The van der Waals surface area contributed by atoms with Gasteiger partial charge in [0, 0.05) is 0 Å². The summed E-state index contributed by atoms with van der Waals surface area (Å²) in [6.45, 7) is 9.19. The van der Waals surface area contributed by atoms with Crippen molar-refractivity contribution in [1.82, 2.24) is 0 Å². The van der Waals surface area contributed by atoms with Crippen molar-refractivity contribution >= 4 is 0 Å². The van der Waals surface area contributed by atoms with E-state index in [0.717, 1.165) is 0 Å². The molecule has 0 aliphatic heterocycles. The van der Waals surface area contributed by atoms with Crippen molar-refractivity contribution in [3.63, 3.8) is 0 Å². The molecule has 0 aromatic carbocycles. The van der Waals surface area contributed by atoms with E-state index in [1.807, 2.05) is 13.8 Å². The summed E-state index contributed by atoms with van der Waals surface area (Å²) in [7, 11) is 0. The van der Waals surface area contributed by atoms with Gasteiger partial charge in [0.2, 0.25) is 0 Å². The number of rotatable bonds is 4. The molecule has 0 aromatic rings. The Labute approximate surface area is 74.2 Å². The normalized spacial score (nSPS) is 14.9. The topological polar surface area (TPSA) is 40.5 Å². The van der Waals surface area contributed by atoms with E-state index in [1.165, 1.54) is 0 Å². The molecule has 2 heteroatoms. The predicted octanol–water partition coefficient (Wildman–Crippen LogP) is 2.41. The van der Waals surface area contributed by atoms with Crippen LogP contribution in [0.3, 0.4) is 0 Å². The second kappa shape index (κ2) is 4.99. The highest BCUT2D eigenvalue weighted by Gasteiger charge is 2.07. The lowest BCUT2D eigenvalue weighted by Gasteiger charge is -2.11. The van der Waals surface area contributed by atoms with Crippen LogP contribution < -0.4 is 0 Å². The van der Waals surface area contributed by atoms with Gasteiger partial charge in [0.1, 0.15) is 5.76 Å². The van der Waals surface area contributed by atoms with Gasteiger partial charge in [0.05, 0.1) is 6.10 Å². The minimum atomic E-state index is -0.383. The smallest absolute Gasteiger partial charge is 0.114 e. The second-order valence-corrected chi connectivity index (χ2v) is 3.42. The zero-order chi connectivity index (χ0) is 9.72. The Hall–Kier alpha value is -0.760. The number of aliphatic hydroxyl groups excluding tert-OH is 2. The van der Waals surface area contributed by atoms with Gasteiger partial charge in [-0.15, -0.1) is 0 Å². The van der Waals surface area contributed by atoms with Crippen LogP contribution in [0.25, 0.3) is 0 Å². The van der Waals surface area contributed by atoms with Crippen LogP contribution in [-0.4, -0.2) is 16.3 Å². The van der Waals surface area contributed by atoms with E-state index in [-0.39, 0.29) is 17.8 Å². The summed E-state index contributed by atoms with van der Waals surface area (Å²) < 4.78 is 0. The van der Waals surface area contributed by atoms with Gasteiger partial charge in [-0.05, 0) is 30.9 Å². The molecule has 0 spiro atoms. The molecule has 0 bridgehead atoms. The summed E-state index contributed by atoms with van der Waals surface area (Å²) in [5, 5.41) is 18.6. The van der Waals surface area contributed by atoms with Crippen LogP contribution in [0.4, 0.5) is 0 Å². The van der Waals surface area contributed by atoms with Crippen LogP contribution in [-0.2, 0) is 0 Å². The molecule has 0 heterocycles. The first-order chi connectivity index (χ1) is 5.45. The van der Waals surface area contributed by atoms with Crippen molar-refractivity contribution in [3.8, 4) is 0 Å². The maximum atomic E-state index is 9.37. The Kier molecular flexibility index (Phi) is 4.67. The van der Waals surface area contributed by atoms with Crippen LogP contribution in [0, 0.1) is 5.92 Å². The molecule has 1 atom stereocenters. The number of allylic oxidation sites excluding steroid dienone is 1. The third kappa shape index (κ3) is 4.19. The van der Waals surface area contributed by atoms with Crippen molar-refractivity contribution in [2.75, 3.05) is 0 Å². The zero-order valence-electron chi connectivity index (χ0n) is 8.04. The highest BCUT2D eigenvalue weighted by molar-refractivity contribution is 5.18. The Balaban J connectivity index is 3.96. The van der Waals surface area contributed by atoms with Gasteiger partial charge in [0.15, 0.2) is 0 Å². The quantitative estimate of drug-likeness (QED) is 0.502. The summed E-state index contributed by atoms with van der Waals surface area (Å²) in [6, 6.07) is 0. The van der Waals surface area contributed by atoms with Crippen molar-refractivity contribution in [1.29, 1.82) is 0 Å². The molecule has 0 saturated heterocycles. The highest BCUT2D eigenvalue weighted by Crippen LogP contribution is 2.09. The van der Waals surface area contributed by atoms with Crippen molar-refractivity contribution in [2.24, 2.45) is 5.92 Å². The lowest BCUT2D eigenvalue weighted by atomic mass is 10.0. The monoisotopic (exact) mass is 170 g/mol. The second-order valence-electron chi connectivity index (χ2n) is 3.42. The molecule has 0 aliphatic carbocycles. The van der Waals surface area contributed by atoms with Gasteiger partial charge in [-0.25, -0.2) is 0 Å². The number of hydrogen-bond acceptors (Lipinski definition) is 2. The van der Waals surface area contributed by atoms with Crippen LogP contribution in [0.15, 0.2) is 24.0 Å². The van der Waals surface area contributed by atoms with Gasteiger partial charge in [-0.1, -0.05) is 20.4 Å². The van der Waals surface area contributed by atoms with Gasteiger partial charge in [-0.2, -0.15) is 0 Å². The van der Waals surface area contributed by atoms with E-state index in [4.69, 9.17) is 0 Å². The molecule has 0 aromatic heterocycles. The molecule has 0 amide bonds. The Bertz CT molecular complexity index is 180. The summed E-state index contributed by atoms with van der Waals surface area (Å²) in [5.74, 6) is 0.397. The highest BCUT2D eigenvalue weighted by atomic mass is 16.3. The van der Waals surface area contributed by atoms with Gasteiger partial charge < -0.3 is 10.2 Å². The molecule has 12 heavy (non-hydrogen) atoms. The average Bonchev–Trinajstić information content (AvgIpc) is 1.98. The molecular weight excluding hydrogens is 152 g/mol. The average molecular weight is 170 g/mol. The lowest BCUT2D eigenvalue weighted by molar-refractivity contribution is 0.127. The van der Waals surface area contributed by atoms with Crippen LogP contribution in [0.2, 0.25) is 0 Å². The standard InChI is InChI=1S/C10H18O2/c1-7(2)9(11)5-6-10(12)8(3)4/h5,8,10-12H,1,6H2,2-4H3. The zero-order valence-corrected chi connectivity index (χ0v) is 8.04. The summed E-state index contributed by atoms with van der Waals surface area (Å²) in [4.78, 5) is 0. The van der Waals surface area contributed by atoms with Gasteiger partial charge in [-0.3, -0.25) is 0 Å². The van der Waals surface area contributed by atoms with E-state index in [9.17, 15) is 10.2 Å². The summed E-state index contributed by atoms with van der Waals surface area (Å²) >= 11 is 0. The largest absolute Gasteiger partial charge is 0.508 e. The molecule has 0 aliphatic rings. The first-order valence-electron chi connectivity index (χ1n) is 4.18. The third-order valence-corrected chi connectivity index (χ3v) is 1.76. The Morgan fingerprint density at radius 1 is 1.50 bits per heavy atom. The van der Waals surface area contributed by atoms with E-state index < -0.39 is 0 Å². The minimum Gasteiger partial charge on any atom is -0.508 e. The van der Waals surface area contributed by atoms with Crippen molar-refractivity contribution in [3.05, 3.63) is 24.0 Å². The van der Waals surface area contributed by atoms with Crippen LogP contribution >= 0.6 is 0 Å². The molecule has 0 rings (SSSR count). The molecule has 0 saturated carbocycles. The van der Waals surface area contributed by atoms with Gasteiger partial charge >= 0.3 is 0 Å². The van der Waals surface area contributed by atoms with Crippen molar-refractivity contribution in [2.45, 2.75) is 33.3 Å². The number of aliphatic hydroxyl groups is 2. The first kappa shape index (κ1) is 11.2. The SMILES string of the molecule is C=C(C)C(O)=CCC(O)C(C)C. The molecule has 1 unspecified atom stereocenters. The fraction of sp³-hybridized carbons (Fsp3) is 0.600. The van der Waals surface area contributed by atoms with E-state index >= 15 is 0 Å². The Morgan fingerprint density at radius 3 is 2.33 bits per heavy atom. The minimum absolute atomic E-state index is 0.176. The van der Waals surface area contributed by atoms with E-state index in [2.05, 4.69) is 6.58 Å². The molecule has 2 nitrogen and oxygen atoms in total. The Morgan fingerprint density at radius 2 is 2.00 bits per heavy atom. The molecular formula is C10H18O2. The van der Waals surface area contributed by atoms with E-state index in [0.29, 0.717) is 12.0 Å². The maximum Gasteiger partial charge on any atom is 0.114 e. The fourth-order valence-corrected chi connectivity index (χ4v) is 0.679. The molecule has 0 radical (unpaired) electrons. The third-order valence-electron chi connectivity index (χ3n) is 1.76. The summed E-state index contributed by atoms with van der Waals surface area (Å²) in [5.41, 5.74) is 0.631. The molecule has 0 fully saturated rings. The molecule has 2 N–H and O–H groups in total. The lowest BCUT2D eigenvalue weighted by Crippen LogP contribution is -2.13. The van der Waals surface area contributed by atoms with Crippen molar-refractivity contribution < 1.29 is 10.2 Å². The fourth-order valence-electron chi connectivity index (χ4n) is 0.679. The maximum absolute atomic E-state index is 9.37. The first-order valence-corrected chi connectivity index (χ1v) is 4.18. The molecule has 70 valence electrons. The predicted molar refractivity (Wildman–Crippen MR) is 51.0 cm³/mol.